The molecule has 132 valence electrons. The zero-order valence-corrected chi connectivity index (χ0v) is 15.9. The molecule has 0 spiro atoms. The van der Waals surface area contributed by atoms with Crippen LogP contribution in [0.2, 0.25) is 0 Å². The summed E-state index contributed by atoms with van der Waals surface area (Å²) >= 11 is 0. The predicted octanol–water partition coefficient (Wildman–Crippen LogP) is 3.29. The Morgan fingerprint density at radius 1 is 1.17 bits per heavy atom. The van der Waals surface area contributed by atoms with Crippen LogP contribution in [0.25, 0.3) is 0 Å². The molecule has 0 aromatic heterocycles. The van der Waals surface area contributed by atoms with Crippen LogP contribution in [0.1, 0.15) is 59.4 Å². The summed E-state index contributed by atoms with van der Waals surface area (Å²) in [6, 6.07) is 7.91. The lowest BCUT2D eigenvalue weighted by atomic mass is 9.76. The van der Waals surface area contributed by atoms with Crippen molar-refractivity contribution in [3.63, 3.8) is 0 Å². The van der Waals surface area contributed by atoms with Gasteiger partial charge in [0.15, 0.2) is 0 Å². The Morgan fingerprint density at radius 2 is 1.75 bits per heavy atom. The Hall–Kier alpha value is -1.33. The number of benzene rings is 1. The molecule has 2 rings (SSSR count). The molecule has 1 aromatic carbocycles. The Morgan fingerprint density at radius 3 is 2.25 bits per heavy atom. The molecule has 1 unspecified atom stereocenters. The summed E-state index contributed by atoms with van der Waals surface area (Å²) in [5.74, 6) is -0.0678. The van der Waals surface area contributed by atoms with E-state index >= 15 is 0 Å². The van der Waals surface area contributed by atoms with Gasteiger partial charge in [0.25, 0.3) is 0 Å². The Labute approximate surface area is 146 Å². The highest BCUT2D eigenvalue weighted by molar-refractivity contribution is 6.62. The van der Waals surface area contributed by atoms with Gasteiger partial charge in [0.1, 0.15) is 0 Å². The molecular weight excluding hydrogens is 303 g/mol. The van der Waals surface area contributed by atoms with Gasteiger partial charge in [-0.15, -0.1) is 0 Å². The molecule has 1 heterocycles. The summed E-state index contributed by atoms with van der Waals surface area (Å²) in [5, 5.41) is 0. The minimum atomic E-state index is -0.424. The smallest absolute Gasteiger partial charge is 0.469 e. The van der Waals surface area contributed by atoms with Crippen LogP contribution in [0.15, 0.2) is 24.3 Å². The van der Waals surface area contributed by atoms with Gasteiger partial charge in [-0.05, 0) is 51.1 Å². The summed E-state index contributed by atoms with van der Waals surface area (Å²) in [7, 11) is 1.01. The van der Waals surface area contributed by atoms with Gasteiger partial charge in [-0.3, -0.25) is 4.79 Å². The Balaban J connectivity index is 2.30. The summed E-state index contributed by atoms with van der Waals surface area (Å²) in [4.78, 5) is 12.2. The molecule has 0 saturated carbocycles. The normalized spacial score (nSPS) is 20.2. The first kappa shape index (κ1) is 19.0. The standard InChI is InChI=1S/C19H29BO4/c1-13(2)11-16(17(21)22-7)14-9-8-10-15(12-14)20-23-18(3,4)19(5,6)24-20/h8-10,12-13,16H,11H2,1-7H3. The number of esters is 1. The monoisotopic (exact) mass is 332 g/mol. The number of carbonyl (C=O) groups excluding carboxylic acids is 1. The summed E-state index contributed by atoms with van der Waals surface area (Å²) in [6.07, 6.45) is 0.749. The minimum Gasteiger partial charge on any atom is -0.469 e. The molecule has 0 amide bonds. The fourth-order valence-electron chi connectivity index (χ4n) is 2.88. The van der Waals surface area contributed by atoms with Gasteiger partial charge in [0, 0.05) is 0 Å². The van der Waals surface area contributed by atoms with E-state index in [4.69, 9.17) is 14.0 Å². The molecule has 1 saturated heterocycles. The van der Waals surface area contributed by atoms with Crippen LogP contribution in [-0.2, 0) is 18.8 Å². The third kappa shape index (κ3) is 3.84. The highest BCUT2D eigenvalue weighted by atomic mass is 16.7. The second-order valence-electron chi connectivity index (χ2n) is 7.96. The van der Waals surface area contributed by atoms with Crippen molar-refractivity contribution in [1.82, 2.24) is 0 Å². The van der Waals surface area contributed by atoms with Crippen molar-refractivity contribution < 1.29 is 18.8 Å². The maximum Gasteiger partial charge on any atom is 0.494 e. The van der Waals surface area contributed by atoms with E-state index in [1.165, 1.54) is 7.11 Å². The number of ether oxygens (including phenoxy) is 1. The first-order valence-corrected chi connectivity index (χ1v) is 8.60. The van der Waals surface area contributed by atoms with E-state index in [-0.39, 0.29) is 23.1 Å². The number of methoxy groups -OCH3 is 1. The van der Waals surface area contributed by atoms with E-state index in [1.807, 2.05) is 52.0 Å². The van der Waals surface area contributed by atoms with E-state index in [2.05, 4.69) is 13.8 Å². The second kappa shape index (κ2) is 6.89. The Bertz CT molecular complexity index is 579. The SMILES string of the molecule is COC(=O)C(CC(C)C)c1cccc(B2OC(C)(C)C(C)(C)O2)c1. The van der Waals surface area contributed by atoms with E-state index in [1.54, 1.807) is 0 Å². The second-order valence-corrected chi connectivity index (χ2v) is 7.96. The van der Waals surface area contributed by atoms with Crippen LogP contribution in [0.3, 0.4) is 0 Å². The molecule has 0 N–H and O–H groups in total. The number of hydrogen-bond donors (Lipinski definition) is 0. The minimum absolute atomic E-state index is 0.199. The number of carbonyl (C=O) groups is 1. The topological polar surface area (TPSA) is 44.8 Å². The molecule has 24 heavy (non-hydrogen) atoms. The van der Waals surface area contributed by atoms with Crippen LogP contribution in [0.5, 0.6) is 0 Å². The van der Waals surface area contributed by atoms with Crippen molar-refractivity contribution in [1.29, 1.82) is 0 Å². The molecule has 1 aliphatic heterocycles. The quantitative estimate of drug-likeness (QED) is 0.613. The molecule has 0 radical (unpaired) electrons. The average molecular weight is 332 g/mol. The van der Waals surface area contributed by atoms with Gasteiger partial charge in [-0.1, -0.05) is 38.1 Å². The average Bonchev–Trinajstić information content (AvgIpc) is 2.72. The highest BCUT2D eigenvalue weighted by Gasteiger charge is 2.51. The number of hydrogen-bond acceptors (Lipinski definition) is 4. The molecule has 4 nitrogen and oxygen atoms in total. The fourth-order valence-corrected chi connectivity index (χ4v) is 2.88. The van der Waals surface area contributed by atoms with E-state index < -0.39 is 7.12 Å². The van der Waals surface area contributed by atoms with Crippen LogP contribution in [0, 0.1) is 5.92 Å². The zero-order valence-electron chi connectivity index (χ0n) is 15.9. The van der Waals surface area contributed by atoms with Crippen LogP contribution >= 0.6 is 0 Å². The van der Waals surface area contributed by atoms with E-state index in [0.717, 1.165) is 17.4 Å². The molecule has 1 aliphatic rings. The first-order chi connectivity index (χ1) is 11.1. The van der Waals surface area contributed by atoms with Gasteiger partial charge in [0.05, 0.1) is 24.2 Å². The zero-order chi connectivity index (χ0) is 18.1. The largest absolute Gasteiger partial charge is 0.494 e. The van der Waals surface area contributed by atoms with Gasteiger partial charge in [-0.25, -0.2) is 0 Å². The molecule has 1 aromatic rings. The van der Waals surface area contributed by atoms with Crippen LogP contribution in [0.4, 0.5) is 0 Å². The van der Waals surface area contributed by atoms with Crippen molar-refractivity contribution in [3.8, 4) is 0 Å². The maximum atomic E-state index is 12.2. The van der Waals surface area contributed by atoms with E-state index in [9.17, 15) is 4.79 Å². The van der Waals surface area contributed by atoms with Crippen molar-refractivity contribution in [2.24, 2.45) is 5.92 Å². The lowest BCUT2D eigenvalue weighted by Gasteiger charge is -2.32. The molecular formula is C19H29BO4. The van der Waals surface area contributed by atoms with Crippen molar-refractivity contribution in [2.75, 3.05) is 7.11 Å². The van der Waals surface area contributed by atoms with Gasteiger partial charge >= 0.3 is 13.1 Å². The summed E-state index contributed by atoms with van der Waals surface area (Å²) in [6.45, 7) is 12.3. The molecule has 5 heteroatoms. The fraction of sp³-hybridized carbons (Fsp3) is 0.632. The maximum absolute atomic E-state index is 12.2. The van der Waals surface area contributed by atoms with Crippen molar-refractivity contribution >= 4 is 18.6 Å². The lowest BCUT2D eigenvalue weighted by molar-refractivity contribution is -0.142. The highest BCUT2D eigenvalue weighted by Crippen LogP contribution is 2.36. The van der Waals surface area contributed by atoms with Gasteiger partial charge < -0.3 is 14.0 Å². The van der Waals surface area contributed by atoms with Crippen molar-refractivity contribution in [3.05, 3.63) is 29.8 Å². The predicted molar refractivity (Wildman–Crippen MR) is 96.4 cm³/mol. The third-order valence-electron chi connectivity index (χ3n) is 5.03. The molecule has 0 bridgehead atoms. The molecule has 1 fully saturated rings. The van der Waals surface area contributed by atoms with Crippen molar-refractivity contribution in [2.45, 2.75) is 65.1 Å². The molecule has 0 aliphatic carbocycles. The molecule has 1 atom stereocenters. The van der Waals surface area contributed by atoms with Gasteiger partial charge in [0.2, 0.25) is 0 Å². The van der Waals surface area contributed by atoms with Crippen LogP contribution in [-0.4, -0.2) is 31.4 Å². The Kier molecular flexibility index (Phi) is 5.45. The number of rotatable bonds is 5. The lowest BCUT2D eigenvalue weighted by Crippen LogP contribution is -2.41. The third-order valence-corrected chi connectivity index (χ3v) is 5.03. The first-order valence-electron chi connectivity index (χ1n) is 8.60. The van der Waals surface area contributed by atoms with Gasteiger partial charge in [-0.2, -0.15) is 0 Å². The van der Waals surface area contributed by atoms with Crippen LogP contribution < -0.4 is 5.46 Å². The van der Waals surface area contributed by atoms with E-state index in [0.29, 0.717) is 5.92 Å². The summed E-state index contributed by atoms with van der Waals surface area (Å²) < 4.78 is 17.2. The summed E-state index contributed by atoms with van der Waals surface area (Å²) in [5.41, 5.74) is 1.12.